The molecular formula is C17H28IN5S. The SMILES string of the molecule is CCc1nn(C)c(CC)c1CNC(=NC)NCc1sccc1C.I. The number of rotatable bonds is 6. The van der Waals surface area contributed by atoms with Crippen LogP contribution in [0, 0.1) is 6.92 Å². The van der Waals surface area contributed by atoms with Crippen LogP contribution in [0.5, 0.6) is 0 Å². The van der Waals surface area contributed by atoms with E-state index in [-0.39, 0.29) is 24.0 Å². The third-order valence-electron chi connectivity index (χ3n) is 4.07. The van der Waals surface area contributed by atoms with Crippen molar-refractivity contribution in [3.8, 4) is 0 Å². The highest BCUT2D eigenvalue weighted by atomic mass is 127. The van der Waals surface area contributed by atoms with Crippen molar-refractivity contribution in [3.63, 3.8) is 0 Å². The first kappa shape index (κ1) is 21.0. The molecule has 0 radical (unpaired) electrons. The summed E-state index contributed by atoms with van der Waals surface area (Å²) in [5, 5.41) is 13.6. The molecular weight excluding hydrogens is 433 g/mol. The van der Waals surface area contributed by atoms with Gasteiger partial charge in [-0.05, 0) is 36.8 Å². The molecule has 0 saturated carbocycles. The molecule has 0 aliphatic rings. The quantitative estimate of drug-likeness (QED) is 0.394. The molecule has 24 heavy (non-hydrogen) atoms. The molecule has 0 atom stereocenters. The second-order valence-electron chi connectivity index (χ2n) is 5.51. The van der Waals surface area contributed by atoms with Gasteiger partial charge in [0.2, 0.25) is 0 Å². The second-order valence-corrected chi connectivity index (χ2v) is 6.51. The van der Waals surface area contributed by atoms with E-state index in [1.807, 2.05) is 11.7 Å². The zero-order valence-corrected chi connectivity index (χ0v) is 18.3. The van der Waals surface area contributed by atoms with Gasteiger partial charge < -0.3 is 10.6 Å². The molecule has 7 heteroatoms. The predicted octanol–water partition coefficient (Wildman–Crippen LogP) is 3.40. The van der Waals surface area contributed by atoms with Crippen molar-refractivity contribution >= 4 is 41.3 Å². The van der Waals surface area contributed by atoms with Gasteiger partial charge in [-0.2, -0.15) is 5.10 Å². The van der Waals surface area contributed by atoms with E-state index in [9.17, 15) is 0 Å². The fraction of sp³-hybridized carbons (Fsp3) is 0.529. The van der Waals surface area contributed by atoms with Crippen LogP contribution >= 0.6 is 35.3 Å². The van der Waals surface area contributed by atoms with Crippen LogP contribution in [-0.4, -0.2) is 22.8 Å². The first-order valence-corrected chi connectivity index (χ1v) is 8.99. The fourth-order valence-corrected chi connectivity index (χ4v) is 3.58. The van der Waals surface area contributed by atoms with E-state index in [2.05, 4.69) is 52.9 Å². The van der Waals surface area contributed by atoms with Crippen molar-refractivity contribution in [1.29, 1.82) is 0 Å². The van der Waals surface area contributed by atoms with Crippen LogP contribution in [0.2, 0.25) is 0 Å². The summed E-state index contributed by atoms with van der Waals surface area (Å²) in [6.07, 6.45) is 1.94. The molecule has 2 heterocycles. The van der Waals surface area contributed by atoms with E-state index in [0.717, 1.165) is 31.9 Å². The van der Waals surface area contributed by atoms with Crippen molar-refractivity contribution in [2.75, 3.05) is 7.05 Å². The third kappa shape index (κ3) is 4.95. The Morgan fingerprint density at radius 2 is 1.96 bits per heavy atom. The highest BCUT2D eigenvalue weighted by molar-refractivity contribution is 14.0. The molecule has 134 valence electrons. The minimum atomic E-state index is 0. The standard InChI is InChI=1S/C17H27N5S.HI/c1-6-14-13(15(7-2)22(5)21-14)10-19-17(18-4)20-11-16-12(3)8-9-23-16;/h8-9H,6-7,10-11H2,1-5H3,(H2,18,19,20);1H. The number of thiophene rings is 1. The van der Waals surface area contributed by atoms with E-state index in [4.69, 9.17) is 0 Å². The first-order chi connectivity index (χ1) is 11.1. The molecule has 5 nitrogen and oxygen atoms in total. The lowest BCUT2D eigenvalue weighted by Gasteiger charge is -2.13. The molecule has 2 N–H and O–H groups in total. The molecule has 2 aromatic heterocycles. The Morgan fingerprint density at radius 1 is 1.25 bits per heavy atom. The number of hydrogen-bond donors (Lipinski definition) is 2. The minimum Gasteiger partial charge on any atom is -0.352 e. The summed E-state index contributed by atoms with van der Waals surface area (Å²) in [5.41, 5.74) is 5.08. The predicted molar refractivity (Wildman–Crippen MR) is 113 cm³/mol. The van der Waals surface area contributed by atoms with Crippen molar-refractivity contribution in [2.24, 2.45) is 12.0 Å². The molecule has 2 aromatic rings. The van der Waals surface area contributed by atoms with Gasteiger partial charge in [0.1, 0.15) is 0 Å². The van der Waals surface area contributed by atoms with Gasteiger partial charge in [0, 0.05) is 36.8 Å². The molecule has 0 amide bonds. The van der Waals surface area contributed by atoms with E-state index in [1.54, 1.807) is 18.4 Å². The Labute approximate surface area is 166 Å². The van der Waals surface area contributed by atoms with Crippen molar-refractivity contribution < 1.29 is 0 Å². The molecule has 0 aliphatic carbocycles. The highest BCUT2D eigenvalue weighted by Gasteiger charge is 2.13. The normalized spacial score (nSPS) is 11.3. The second kappa shape index (κ2) is 10.0. The zero-order valence-electron chi connectivity index (χ0n) is 15.1. The lowest BCUT2D eigenvalue weighted by Crippen LogP contribution is -2.36. The van der Waals surface area contributed by atoms with E-state index in [1.165, 1.54) is 27.4 Å². The van der Waals surface area contributed by atoms with Crippen LogP contribution in [-0.2, 0) is 33.0 Å². The number of nitrogens with zero attached hydrogens (tertiary/aromatic N) is 3. The summed E-state index contributed by atoms with van der Waals surface area (Å²) in [5.74, 6) is 0.825. The number of aromatic nitrogens is 2. The lowest BCUT2D eigenvalue weighted by atomic mass is 10.1. The molecule has 0 unspecified atom stereocenters. The molecule has 0 aliphatic heterocycles. The van der Waals surface area contributed by atoms with Gasteiger partial charge in [0.15, 0.2) is 5.96 Å². The zero-order chi connectivity index (χ0) is 16.8. The first-order valence-electron chi connectivity index (χ1n) is 8.11. The van der Waals surface area contributed by atoms with Crippen molar-refractivity contribution in [1.82, 2.24) is 20.4 Å². The van der Waals surface area contributed by atoms with E-state index < -0.39 is 0 Å². The Bertz CT molecular complexity index is 675. The Kier molecular flexibility index (Phi) is 8.75. The largest absolute Gasteiger partial charge is 0.352 e. The van der Waals surface area contributed by atoms with Crippen LogP contribution in [0.3, 0.4) is 0 Å². The van der Waals surface area contributed by atoms with Crippen molar-refractivity contribution in [3.05, 3.63) is 38.8 Å². The number of nitrogens with one attached hydrogen (secondary N) is 2. The number of hydrogen-bond acceptors (Lipinski definition) is 3. The number of guanidine groups is 1. The summed E-state index contributed by atoms with van der Waals surface area (Å²) in [6.45, 7) is 8.02. The fourth-order valence-electron chi connectivity index (χ4n) is 2.74. The Hall–Kier alpha value is -1.09. The van der Waals surface area contributed by atoms with Gasteiger partial charge in [-0.3, -0.25) is 9.67 Å². The average molecular weight is 461 g/mol. The molecule has 0 aromatic carbocycles. The third-order valence-corrected chi connectivity index (χ3v) is 5.09. The highest BCUT2D eigenvalue weighted by Crippen LogP contribution is 2.16. The van der Waals surface area contributed by atoms with Crippen LogP contribution < -0.4 is 10.6 Å². The van der Waals surface area contributed by atoms with Crippen LogP contribution in [0.25, 0.3) is 0 Å². The topological polar surface area (TPSA) is 54.2 Å². The molecule has 0 saturated heterocycles. The van der Waals surface area contributed by atoms with Crippen molar-refractivity contribution in [2.45, 2.75) is 46.7 Å². The smallest absolute Gasteiger partial charge is 0.191 e. The van der Waals surface area contributed by atoms with E-state index in [0.29, 0.717) is 0 Å². The molecule has 0 spiro atoms. The Balaban J connectivity index is 0.00000288. The maximum Gasteiger partial charge on any atom is 0.191 e. The summed E-state index contributed by atoms with van der Waals surface area (Å²) >= 11 is 1.77. The summed E-state index contributed by atoms with van der Waals surface area (Å²) in [4.78, 5) is 5.67. The summed E-state index contributed by atoms with van der Waals surface area (Å²) in [7, 11) is 3.83. The van der Waals surface area contributed by atoms with Gasteiger partial charge in [0.25, 0.3) is 0 Å². The maximum atomic E-state index is 4.62. The summed E-state index contributed by atoms with van der Waals surface area (Å²) < 4.78 is 2.00. The van der Waals surface area contributed by atoms with Gasteiger partial charge in [-0.25, -0.2) is 0 Å². The average Bonchev–Trinajstić information content (AvgIpc) is 3.10. The van der Waals surface area contributed by atoms with Gasteiger partial charge in [0.05, 0.1) is 12.2 Å². The molecule has 0 bridgehead atoms. The minimum absolute atomic E-state index is 0. The number of halogens is 1. The van der Waals surface area contributed by atoms with Crippen LogP contribution in [0.1, 0.15) is 41.2 Å². The van der Waals surface area contributed by atoms with Gasteiger partial charge in [-0.15, -0.1) is 35.3 Å². The summed E-state index contributed by atoms with van der Waals surface area (Å²) in [6, 6.07) is 2.15. The van der Waals surface area contributed by atoms with E-state index >= 15 is 0 Å². The molecule has 2 rings (SSSR count). The van der Waals surface area contributed by atoms with Gasteiger partial charge in [-0.1, -0.05) is 13.8 Å². The lowest BCUT2D eigenvalue weighted by molar-refractivity contribution is 0.702. The monoisotopic (exact) mass is 461 g/mol. The maximum absolute atomic E-state index is 4.62. The van der Waals surface area contributed by atoms with Gasteiger partial charge >= 0.3 is 0 Å². The van der Waals surface area contributed by atoms with Crippen LogP contribution in [0.15, 0.2) is 16.4 Å². The van der Waals surface area contributed by atoms with Crippen LogP contribution in [0.4, 0.5) is 0 Å². The Morgan fingerprint density at radius 3 is 2.50 bits per heavy atom. The number of aliphatic imine (C=N–C) groups is 1. The molecule has 0 fully saturated rings. The number of aryl methyl sites for hydroxylation is 3.